The van der Waals surface area contributed by atoms with Crippen LogP contribution in [0.15, 0.2) is 28.8 Å². The maximum atomic E-state index is 9.97. The van der Waals surface area contributed by atoms with Crippen LogP contribution in [-0.2, 0) is 4.74 Å². The zero-order valence-electron chi connectivity index (χ0n) is 20.2. The van der Waals surface area contributed by atoms with E-state index in [1.807, 2.05) is 45.0 Å². The number of aryl methyl sites for hydroxylation is 2. The van der Waals surface area contributed by atoms with Crippen molar-refractivity contribution >= 4 is 5.82 Å². The van der Waals surface area contributed by atoms with Gasteiger partial charge in [-0.25, -0.2) is 9.97 Å². The minimum absolute atomic E-state index is 0.194. The van der Waals surface area contributed by atoms with Crippen LogP contribution in [0.5, 0.6) is 5.75 Å². The summed E-state index contributed by atoms with van der Waals surface area (Å²) in [5.74, 6) is 2.74. The Hall–Kier alpha value is -3.01. The molecular weight excluding hydrogens is 434 g/mol. The second kappa shape index (κ2) is 10.9. The van der Waals surface area contributed by atoms with Gasteiger partial charge in [0.15, 0.2) is 5.82 Å². The van der Waals surface area contributed by atoms with E-state index >= 15 is 0 Å². The molecule has 1 atom stereocenters. The molecule has 4 rings (SSSR count). The van der Waals surface area contributed by atoms with Gasteiger partial charge in [-0.3, -0.25) is 0 Å². The molecule has 0 spiro atoms. The molecule has 0 radical (unpaired) electrons. The fraction of sp³-hybridized carbons (Fsp3) is 0.480. The molecular formula is C25H33N5O4. The van der Waals surface area contributed by atoms with Crippen LogP contribution in [0.2, 0.25) is 0 Å². The number of rotatable bonds is 9. The number of aromatic nitrogens is 3. The molecule has 1 aliphatic heterocycles. The van der Waals surface area contributed by atoms with E-state index in [2.05, 4.69) is 15.8 Å². The van der Waals surface area contributed by atoms with Gasteiger partial charge in [-0.15, -0.1) is 0 Å². The Kier molecular flexibility index (Phi) is 7.77. The highest BCUT2D eigenvalue weighted by Crippen LogP contribution is 2.34. The average molecular weight is 468 g/mol. The molecule has 0 bridgehead atoms. The lowest BCUT2D eigenvalue weighted by Gasteiger charge is -2.25. The van der Waals surface area contributed by atoms with Gasteiger partial charge in [0, 0.05) is 36.9 Å². The number of ether oxygens (including phenoxy) is 2. The molecule has 9 heteroatoms. The zero-order chi connectivity index (χ0) is 24.1. The number of likely N-dealkylation sites (N-methyl/N-ethyl adjacent to an activating group) is 1. The maximum Gasteiger partial charge on any atom is 0.162 e. The van der Waals surface area contributed by atoms with Crippen molar-refractivity contribution in [3.05, 3.63) is 41.3 Å². The monoisotopic (exact) mass is 467 g/mol. The van der Waals surface area contributed by atoms with E-state index in [9.17, 15) is 5.11 Å². The van der Waals surface area contributed by atoms with Crippen LogP contribution in [0, 0.1) is 20.8 Å². The summed E-state index contributed by atoms with van der Waals surface area (Å²) in [6.07, 6.45) is 1.26. The van der Waals surface area contributed by atoms with E-state index in [0.29, 0.717) is 18.1 Å². The standard InChI is InChI=1S/C25H33N5O4/c1-15-23(22-16(2)30-34-17(22)3)28-25(29-24(15)27-19-8-10-32-11-9-19)18-6-5-7-21(12-18)33-14-20(31)13-26-4/h5-7,12,19-20,26,31H,8-11,13-14H2,1-4H3,(H,27,28,29)/t20-/m0/s1. The number of hydrogen-bond donors (Lipinski definition) is 3. The summed E-state index contributed by atoms with van der Waals surface area (Å²) in [6.45, 7) is 7.98. The van der Waals surface area contributed by atoms with Crippen molar-refractivity contribution in [3.63, 3.8) is 0 Å². The van der Waals surface area contributed by atoms with Crippen molar-refractivity contribution in [1.29, 1.82) is 0 Å². The SMILES string of the molecule is CNC[C@H](O)COc1cccc(-c2nc(NC3CCOCC3)c(C)c(-c3c(C)noc3C)n2)c1. The highest BCUT2D eigenvalue weighted by atomic mass is 16.5. The van der Waals surface area contributed by atoms with E-state index in [4.69, 9.17) is 24.0 Å². The predicted octanol–water partition coefficient (Wildman–Crippen LogP) is 3.27. The third-order valence-electron chi connectivity index (χ3n) is 5.95. The Morgan fingerprint density at radius 3 is 2.68 bits per heavy atom. The third kappa shape index (κ3) is 5.55. The van der Waals surface area contributed by atoms with E-state index in [1.54, 1.807) is 7.05 Å². The normalized spacial score (nSPS) is 15.3. The van der Waals surface area contributed by atoms with E-state index in [-0.39, 0.29) is 12.6 Å². The van der Waals surface area contributed by atoms with Crippen molar-refractivity contribution < 1.29 is 19.1 Å². The van der Waals surface area contributed by atoms with Crippen molar-refractivity contribution in [2.75, 3.05) is 38.7 Å². The second-order valence-corrected chi connectivity index (χ2v) is 8.65. The van der Waals surface area contributed by atoms with E-state index in [1.165, 1.54) is 0 Å². The van der Waals surface area contributed by atoms with E-state index in [0.717, 1.165) is 65.7 Å². The molecule has 0 saturated carbocycles. The number of anilines is 1. The summed E-state index contributed by atoms with van der Waals surface area (Å²) in [4.78, 5) is 9.84. The molecule has 0 amide bonds. The minimum Gasteiger partial charge on any atom is -0.491 e. The molecule has 1 aromatic carbocycles. The molecule has 9 nitrogen and oxygen atoms in total. The average Bonchev–Trinajstić information content (AvgIpc) is 3.18. The van der Waals surface area contributed by atoms with Crippen LogP contribution in [0.3, 0.4) is 0 Å². The molecule has 1 aliphatic rings. The van der Waals surface area contributed by atoms with Gasteiger partial charge >= 0.3 is 0 Å². The molecule has 3 N–H and O–H groups in total. The minimum atomic E-state index is -0.592. The number of hydrogen-bond acceptors (Lipinski definition) is 9. The van der Waals surface area contributed by atoms with Gasteiger partial charge in [0.2, 0.25) is 0 Å². The zero-order valence-corrected chi connectivity index (χ0v) is 20.2. The van der Waals surface area contributed by atoms with Gasteiger partial charge in [0.05, 0.1) is 17.0 Å². The highest BCUT2D eigenvalue weighted by molar-refractivity contribution is 5.74. The first-order valence-corrected chi connectivity index (χ1v) is 11.7. The fourth-order valence-corrected chi connectivity index (χ4v) is 4.10. The van der Waals surface area contributed by atoms with Crippen LogP contribution < -0.4 is 15.4 Å². The first-order chi connectivity index (χ1) is 16.5. The summed E-state index contributed by atoms with van der Waals surface area (Å²) >= 11 is 0. The van der Waals surface area contributed by atoms with Crippen LogP contribution in [-0.4, -0.2) is 65.8 Å². The van der Waals surface area contributed by atoms with Crippen molar-refractivity contribution in [3.8, 4) is 28.4 Å². The molecule has 3 aromatic rings. The summed E-state index contributed by atoms with van der Waals surface area (Å²) in [5, 5.41) is 20.7. The summed E-state index contributed by atoms with van der Waals surface area (Å²) in [5.41, 5.74) is 4.25. The summed E-state index contributed by atoms with van der Waals surface area (Å²) < 4.78 is 16.7. The number of nitrogens with zero attached hydrogens (tertiary/aromatic N) is 3. The molecule has 34 heavy (non-hydrogen) atoms. The van der Waals surface area contributed by atoms with Crippen molar-refractivity contribution in [2.45, 2.75) is 45.8 Å². The molecule has 182 valence electrons. The van der Waals surface area contributed by atoms with Gasteiger partial charge in [-0.2, -0.15) is 0 Å². The second-order valence-electron chi connectivity index (χ2n) is 8.65. The first-order valence-electron chi connectivity index (χ1n) is 11.7. The molecule has 1 fully saturated rings. The Balaban J connectivity index is 1.71. The molecule has 0 unspecified atom stereocenters. The van der Waals surface area contributed by atoms with Gasteiger partial charge in [-0.05, 0) is 52.8 Å². The van der Waals surface area contributed by atoms with Crippen molar-refractivity contribution in [2.24, 2.45) is 0 Å². The summed E-state index contributed by atoms with van der Waals surface area (Å²) in [6, 6.07) is 7.90. The van der Waals surface area contributed by atoms with Crippen molar-refractivity contribution in [1.82, 2.24) is 20.4 Å². The smallest absolute Gasteiger partial charge is 0.162 e. The van der Waals surface area contributed by atoms with Crippen LogP contribution in [0.1, 0.15) is 29.9 Å². The Morgan fingerprint density at radius 2 is 1.97 bits per heavy atom. The molecule has 2 aromatic heterocycles. The topological polar surface area (TPSA) is 115 Å². The van der Waals surface area contributed by atoms with Gasteiger partial charge in [-0.1, -0.05) is 17.3 Å². The molecule has 0 aliphatic carbocycles. The Bertz CT molecular complexity index is 1090. The van der Waals surface area contributed by atoms with Crippen LogP contribution >= 0.6 is 0 Å². The van der Waals surface area contributed by atoms with Crippen LogP contribution in [0.4, 0.5) is 5.82 Å². The quantitative estimate of drug-likeness (QED) is 0.436. The lowest BCUT2D eigenvalue weighted by molar-refractivity contribution is 0.0904. The number of aliphatic hydroxyl groups excluding tert-OH is 1. The first kappa shape index (κ1) is 24.1. The Morgan fingerprint density at radius 1 is 1.18 bits per heavy atom. The van der Waals surface area contributed by atoms with Gasteiger partial charge < -0.3 is 29.7 Å². The Labute approximate surface area is 199 Å². The fourth-order valence-electron chi connectivity index (χ4n) is 4.10. The number of nitrogens with one attached hydrogen (secondary N) is 2. The number of benzene rings is 1. The number of aliphatic hydroxyl groups is 1. The lowest BCUT2D eigenvalue weighted by Crippen LogP contribution is -2.29. The van der Waals surface area contributed by atoms with Gasteiger partial charge in [0.25, 0.3) is 0 Å². The van der Waals surface area contributed by atoms with Crippen LogP contribution in [0.25, 0.3) is 22.6 Å². The van der Waals surface area contributed by atoms with Gasteiger partial charge in [0.1, 0.15) is 30.0 Å². The highest BCUT2D eigenvalue weighted by Gasteiger charge is 2.22. The third-order valence-corrected chi connectivity index (χ3v) is 5.95. The molecule has 1 saturated heterocycles. The summed E-state index contributed by atoms with van der Waals surface area (Å²) in [7, 11) is 1.79. The largest absolute Gasteiger partial charge is 0.491 e. The van der Waals surface area contributed by atoms with E-state index < -0.39 is 6.10 Å². The maximum absolute atomic E-state index is 9.97. The lowest BCUT2D eigenvalue weighted by atomic mass is 10.0. The molecule has 3 heterocycles. The predicted molar refractivity (Wildman–Crippen MR) is 130 cm³/mol.